The molecule has 1 heterocycles. The summed E-state index contributed by atoms with van der Waals surface area (Å²) in [5.41, 5.74) is 0.0543. The molecule has 19 heavy (non-hydrogen) atoms. The van der Waals surface area contributed by atoms with Crippen molar-refractivity contribution in [3.05, 3.63) is 36.7 Å². The molecule has 1 rings (SSSR count). The van der Waals surface area contributed by atoms with Gasteiger partial charge in [0.2, 0.25) is 0 Å². The zero-order chi connectivity index (χ0) is 14.4. The molecule has 0 unspecified atom stereocenters. The monoisotopic (exact) mass is 332 g/mol. The van der Waals surface area contributed by atoms with E-state index in [0.29, 0.717) is 12.1 Å². The third kappa shape index (κ3) is 4.14. The Hall–Kier alpha value is -1.21. The number of aromatic nitrogens is 1. The minimum atomic E-state index is -0.484. The van der Waals surface area contributed by atoms with Gasteiger partial charge in [-0.3, -0.25) is 14.9 Å². The maximum absolute atomic E-state index is 11.9. The molecule has 6 nitrogen and oxygen atoms in total. The molecule has 1 aromatic heterocycles. The normalized spacial score (nSPS) is 10.7. The molecular weight excluding hydrogens is 316 g/mol. The molecule has 7 heteroatoms. The molecule has 0 aliphatic rings. The van der Waals surface area contributed by atoms with E-state index < -0.39 is 4.92 Å². The average Bonchev–Trinajstić information content (AvgIpc) is 2.37. The Bertz CT molecular complexity index is 513. The van der Waals surface area contributed by atoms with Gasteiger partial charge in [-0.2, -0.15) is 0 Å². The highest BCUT2D eigenvalue weighted by Gasteiger charge is 2.18. The molecule has 0 amide bonds. The van der Waals surface area contributed by atoms with Crippen LogP contribution in [0.2, 0.25) is 0 Å². The predicted molar refractivity (Wildman–Crippen MR) is 75.3 cm³/mol. The second kappa shape index (κ2) is 7.40. The molecule has 0 saturated heterocycles. The van der Waals surface area contributed by atoms with Crippen molar-refractivity contribution in [2.75, 3.05) is 6.61 Å². The Labute approximate surface area is 119 Å². The van der Waals surface area contributed by atoms with E-state index in [2.05, 4.69) is 15.9 Å². The van der Waals surface area contributed by atoms with Crippen molar-refractivity contribution in [3.8, 4) is 0 Å². The maximum Gasteiger partial charge on any atom is 0.289 e. The van der Waals surface area contributed by atoms with Gasteiger partial charge in [0.05, 0.1) is 15.6 Å². The number of aliphatic hydroxyl groups excluding tert-OH is 1. The number of nitro groups is 1. The summed E-state index contributed by atoms with van der Waals surface area (Å²) in [5.74, 6) is 0. The minimum Gasteiger partial charge on any atom is -0.396 e. The highest BCUT2D eigenvalue weighted by molar-refractivity contribution is 9.10. The van der Waals surface area contributed by atoms with Gasteiger partial charge < -0.3 is 9.67 Å². The molecule has 0 radical (unpaired) electrons. The third-order valence-corrected chi connectivity index (χ3v) is 3.88. The fourth-order valence-electron chi connectivity index (χ4n) is 1.80. The summed E-state index contributed by atoms with van der Waals surface area (Å²) in [6.45, 7) is 2.17. The lowest BCUT2D eigenvalue weighted by Gasteiger charge is -2.08. The Morgan fingerprint density at radius 2 is 2.00 bits per heavy atom. The molecule has 0 aromatic carbocycles. The van der Waals surface area contributed by atoms with E-state index in [-0.39, 0.29) is 22.3 Å². The van der Waals surface area contributed by atoms with Crippen molar-refractivity contribution >= 4 is 21.6 Å². The van der Waals surface area contributed by atoms with Crippen LogP contribution in [0.1, 0.15) is 31.2 Å². The smallest absolute Gasteiger partial charge is 0.289 e. The lowest BCUT2D eigenvalue weighted by Crippen LogP contribution is -2.22. The van der Waals surface area contributed by atoms with Crippen LogP contribution in [0.25, 0.3) is 0 Å². The van der Waals surface area contributed by atoms with Crippen LogP contribution in [-0.2, 0) is 6.54 Å². The predicted octanol–water partition coefficient (Wildman–Crippen LogP) is 2.38. The SMILES string of the molecule is Cc1c([N+](=O)[O-])cn(CCCCCCO)c(=O)c1Br. The molecule has 0 spiro atoms. The molecular formula is C12H17BrN2O4. The van der Waals surface area contributed by atoms with Crippen molar-refractivity contribution in [1.29, 1.82) is 0 Å². The zero-order valence-electron chi connectivity index (χ0n) is 10.8. The van der Waals surface area contributed by atoms with Gasteiger partial charge in [0.15, 0.2) is 0 Å². The van der Waals surface area contributed by atoms with E-state index in [4.69, 9.17) is 5.11 Å². The first kappa shape index (κ1) is 15.8. The van der Waals surface area contributed by atoms with Crippen LogP contribution in [0.3, 0.4) is 0 Å². The molecule has 0 bridgehead atoms. The van der Waals surface area contributed by atoms with E-state index in [1.807, 2.05) is 0 Å². The Morgan fingerprint density at radius 1 is 1.37 bits per heavy atom. The highest BCUT2D eigenvalue weighted by Crippen LogP contribution is 2.22. The van der Waals surface area contributed by atoms with Crippen LogP contribution < -0.4 is 5.56 Å². The fourth-order valence-corrected chi connectivity index (χ4v) is 2.23. The third-order valence-electron chi connectivity index (χ3n) is 2.94. The highest BCUT2D eigenvalue weighted by atomic mass is 79.9. The van der Waals surface area contributed by atoms with Crippen molar-refractivity contribution < 1.29 is 10.0 Å². The summed E-state index contributed by atoms with van der Waals surface area (Å²) in [6, 6.07) is 0. The van der Waals surface area contributed by atoms with Gasteiger partial charge in [0.25, 0.3) is 11.2 Å². The number of pyridine rings is 1. The topological polar surface area (TPSA) is 85.4 Å². The second-order valence-electron chi connectivity index (χ2n) is 4.35. The first-order valence-corrected chi connectivity index (χ1v) is 6.93. The number of aliphatic hydroxyl groups is 1. The molecule has 0 saturated carbocycles. The van der Waals surface area contributed by atoms with E-state index in [1.54, 1.807) is 6.92 Å². The first-order chi connectivity index (χ1) is 8.99. The molecule has 0 aliphatic heterocycles. The molecule has 0 fully saturated rings. The van der Waals surface area contributed by atoms with Crippen molar-refractivity contribution in [2.24, 2.45) is 0 Å². The van der Waals surface area contributed by atoms with Gasteiger partial charge >= 0.3 is 0 Å². The molecule has 1 N–H and O–H groups in total. The number of halogens is 1. The largest absolute Gasteiger partial charge is 0.396 e. The van der Waals surface area contributed by atoms with Crippen LogP contribution >= 0.6 is 15.9 Å². The summed E-state index contributed by atoms with van der Waals surface area (Å²) in [6.07, 6.45) is 4.57. The Morgan fingerprint density at radius 3 is 2.58 bits per heavy atom. The van der Waals surface area contributed by atoms with Crippen LogP contribution in [-0.4, -0.2) is 21.2 Å². The van der Waals surface area contributed by atoms with Crippen molar-refractivity contribution in [3.63, 3.8) is 0 Å². The number of nitrogens with zero attached hydrogens (tertiary/aromatic N) is 2. The van der Waals surface area contributed by atoms with Gasteiger partial charge in [-0.15, -0.1) is 0 Å². The van der Waals surface area contributed by atoms with E-state index in [1.165, 1.54) is 10.8 Å². The standard InChI is InChI=1S/C12H17BrN2O4/c1-9-10(15(18)19)8-14(12(17)11(9)13)6-4-2-3-5-7-16/h8,16H,2-7H2,1H3. The summed E-state index contributed by atoms with van der Waals surface area (Å²) in [4.78, 5) is 22.3. The zero-order valence-corrected chi connectivity index (χ0v) is 12.4. The number of aryl methyl sites for hydroxylation is 1. The number of hydrogen-bond acceptors (Lipinski definition) is 4. The van der Waals surface area contributed by atoms with Gasteiger partial charge in [-0.25, -0.2) is 0 Å². The molecule has 0 aliphatic carbocycles. The Balaban J connectivity index is 2.84. The fraction of sp³-hybridized carbons (Fsp3) is 0.583. The van der Waals surface area contributed by atoms with Crippen molar-refractivity contribution in [1.82, 2.24) is 4.57 Å². The van der Waals surface area contributed by atoms with Crippen LogP contribution in [0.5, 0.6) is 0 Å². The van der Waals surface area contributed by atoms with E-state index in [9.17, 15) is 14.9 Å². The maximum atomic E-state index is 11.9. The van der Waals surface area contributed by atoms with Crippen LogP contribution in [0.4, 0.5) is 5.69 Å². The summed E-state index contributed by atoms with van der Waals surface area (Å²) in [5, 5.41) is 19.5. The quantitative estimate of drug-likeness (QED) is 0.472. The molecule has 106 valence electrons. The molecule has 1 aromatic rings. The van der Waals surface area contributed by atoms with Gasteiger partial charge in [-0.1, -0.05) is 12.8 Å². The summed E-state index contributed by atoms with van der Waals surface area (Å²) >= 11 is 3.11. The lowest BCUT2D eigenvalue weighted by molar-refractivity contribution is -0.386. The minimum absolute atomic E-state index is 0.0539. The van der Waals surface area contributed by atoms with Gasteiger partial charge in [-0.05, 0) is 35.7 Å². The van der Waals surface area contributed by atoms with E-state index in [0.717, 1.165) is 25.7 Å². The second-order valence-corrected chi connectivity index (χ2v) is 5.14. The number of unbranched alkanes of at least 4 members (excludes halogenated alkanes) is 3. The van der Waals surface area contributed by atoms with Crippen LogP contribution in [0, 0.1) is 17.0 Å². The van der Waals surface area contributed by atoms with Crippen molar-refractivity contribution in [2.45, 2.75) is 39.2 Å². The number of rotatable bonds is 7. The number of hydrogen-bond donors (Lipinski definition) is 1. The molecule has 0 atom stereocenters. The first-order valence-electron chi connectivity index (χ1n) is 6.13. The van der Waals surface area contributed by atoms with E-state index >= 15 is 0 Å². The van der Waals surface area contributed by atoms with Crippen LogP contribution in [0.15, 0.2) is 15.5 Å². The lowest BCUT2D eigenvalue weighted by atomic mass is 10.2. The Kier molecular flexibility index (Phi) is 6.17. The average molecular weight is 333 g/mol. The van der Waals surface area contributed by atoms with Gasteiger partial charge in [0, 0.05) is 18.7 Å². The summed E-state index contributed by atoms with van der Waals surface area (Å²) in [7, 11) is 0. The summed E-state index contributed by atoms with van der Waals surface area (Å²) < 4.78 is 1.62. The van der Waals surface area contributed by atoms with Gasteiger partial charge in [0.1, 0.15) is 0 Å².